The molecule has 0 radical (unpaired) electrons. The van der Waals surface area contributed by atoms with Gasteiger partial charge in [-0.25, -0.2) is 4.98 Å². The number of hydrogen-bond acceptors (Lipinski definition) is 5. The highest BCUT2D eigenvalue weighted by atomic mass is 16.1. The van der Waals surface area contributed by atoms with E-state index < -0.39 is 0 Å². The molecule has 0 aromatic carbocycles. The summed E-state index contributed by atoms with van der Waals surface area (Å²) >= 11 is 0. The van der Waals surface area contributed by atoms with Crippen molar-refractivity contribution in [2.75, 3.05) is 24.1 Å². The minimum absolute atomic E-state index is 0.0145. The normalized spacial score (nSPS) is 9.56. The Kier molecular flexibility index (Phi) is 5.45. The molecule has 1 aromatic rings. The Morgan fingerprint density at radius 2 is 2.33 bits per heavy atom. The van der Waals surface area contributed by atoms with Crippen LogP contribution in [0, 0.1) is 11.3 Å². The summed E-state index contributed by atoms with van der Waals surface area (Å²) in [5, 5.41) is 14.5. The van der Waals surface area contributed by atoms with E-state index in [2.05, 4.69) is 15.6 Å². The summed E-state index contributed by atoms with van der Waals surface area (Å²) in [7, 11) is 0. The average Bonchev–Trinajstić information content (AvgIpc) is 2.38. The van der Waals surface area contributed by atoms with Crippen molar-refractivity contribution in [3.05, 3.63) is 17.8 Å². The van der Waals surface area contributed by atoms with Gasteiger partial charge in [-0.05, 0) is 12.5 Å². The molecule has 1 amide bonds. The summed E-state index contributed by atoms with van der Waals surface area (Å²) in [6.07, 6.45) is 2.77. The molecule has 0 fully saturated rings. The molecule has 0 aliphatic heterocycles. The number of carbonyl (C=O) groups excluding carboxylic acids is 1. The molecule has 0 aliphatic carbocycles. The lowest BCUT2D eigenvalue weighted by molar-refractivity contribution is -0.120. The first-order chi connectivity index (χ1) is 8.69. The molecule has 0 unspecified atom stereocenters. The maximum Gasteiger partial charge on any atom is 0.221 e. The van der Waals surface area contributed by atoms with E-state index in [9.17, 15) is 4.79 Å². The molecule has 1 aromatic heterocycles. The lowest BCUT2D eigenvalue weighted by Crippen LogP contribution is -2.26. The predicted octanol–water partition coefficient (Wildman–Crippen LogP) is 0.864. The summed E-state index contributed by atoms with van der Waals surface area (Å²) in [4.78, 5) is 15.4. The van der Waals surface area contributed by atoms with Gasteiger partial charge in [-0.2, -0.15) is 5.26 Å². The van der Waals surface area contributed by atoms with Crippen molar-refractivity contribution < 1.29 is 4.79 Å². The molecule has 0 atom stereocenters. The van der Waals surface area contributed by atoms with E-state index in [1.54, 1.807) is 6.07 Å². The number of nitrogens with zero attached hydrogens (tertiary/aromatic N) is 2. The second kappa shape index (κ2) is 7.12. The zero-order chi connectivity index (χ0) is 13.4. The van der Waals surface area contributed by atoms with Crippen LogP contribution in [0.3, 0.4) is 0 Å². The summed E-state index contributed by atoms with van der Waals surface area (Å²) in [6.45, 7) is 3.11. The highest BCUT2D eigenvalue weighted by molar-refractivity contribution is 5.76. The first-order valence-corrected chi connectivity index (χ1v) is 5.84. The molecular weight excluding hydrogens is 230 g/mol. The lowest BCUT2D eigenvalue weighted by atomic mass is 10.2. The predicted molar refractivity (Wildman–Crippen MR) is 69.8 cm³/mol. The molecule has 0 spiro atoms. The van der Waals surface area contributed by atoms with Crippen molar-refractivity contribution in [3.63, 3.8) is 0 Å². The van der Waals surface area contributed by atoms with Crippen LogP contribution in [0.2, 0.25) is 0 Å². The van der Waals surface area contributed by atoms with Gasteiger partial charge in [0.15, 0.2) is 5.82 Å². The molecule has 0 bridgehead atoms. The number of nitrogen functional groups attached to an aromatic ring is 1. The van der Waals surface area contributed by atoms with Crippen molar-refractivity contribution in [1.29, 1.82) is 5.26 Å². The summed E-state index contributed by atoms with van der Waals surface area (Å²) in [5.41, 5.74) is 6.43. The number of hydrogen-bond donors (Lipinski definition) is 3. The molecule has 1 rings (SSSR count). The van der Waals surface area contributed by atoms with E-state index >= 15 is 0 Å². The fourth-order valence-corrected chi connectivity index (χ4v) is 1.36. The molecule has 0 saturated carbocycles. The third kappa shape index (κ3) is 3.94. The van der Waals surface area contributed by atoms with Gasteiger partial charge < -0.3 is 16.4 Å². The van der Waals surface area contributed by atoms with Gasteiger partial charge in [0.05, 0.1) is 11.3 Å². The number of carbonyl (C=O) groups is 1. The largest absolute Gasteiger partial charge is 0.395 e. The zero-order valence-corrected chi connectivity index (χ0v) is 10.4. The maximum atomic E-state index is 11.3. The molecule has 18 heavy (non-hydrogen) atoms. The van der Waals surface area contributed by atoms with Crippen LogP contribution in [0.1, 0.15) is 25.3 Å². The van der Waals surface area contributed by atoms with Gasteiger partial charge in [0.1, 0.15) is 6.07 Å². The first-order valence-electron chi connectivity index (χ1n) is 5.84. The molecule has 96 valence electrons. The molecule has 6 heteroatoms. The summed E-state index contributed by atoms with van der Waals surface area (Å²) < 4.78 is 0. The SMILES string of the molecule is CCCNC(=O)CCNc1nccc(C#N)c1N. The molecule has 6 nitrogen and oxygen atoms in total. The van der Waals surface area contributed by atoms with Crippen LogP contribution in [0.4, 0.5) is 11.5 Å². The number of amides is 1. The Bertz CT molecular complexity index is 452. The number of nitrogens with two attached hydrogens (primary N) is 1. The van der Waals surface area contributed by atoms with Crippen molar-refractivity contribution in [2.24, 2.45) is 0 Å². The summed E-state index contributed by atoms with van der Waals surface area (Å²) in [6, 6.07) is 3.53. The average molecular weight is 247 g/mol. The first kappa shape index (κ1) is 13.8. The van der Waals surface area contributed by atoms with Gasteiger partial charge in [-0.1, -0.05) is 6.92 Å². The lowest BCUT2D eigenvalue weighted by Gasteiger charge is -2.08. The second-order valence-electron chi connectivity index (χ2n) is 3.76. The van der Waals surface area contributed by atoms with Crippen molar-refractivity contribution >= 4 is 17.4 Å². The van der Waals surface area contributed by atoms with Crippen LogP contribution in [-0.2, 0) is 4.79 Å². The van der Waals surface area contributed by atoms with E-state index in [1.165, 1.54) is 6.20 Å². The van der Waals surface area contributed by atoms with Crippen molar-refractivity contribution in [3.8, 4) is 6.07 Å². The van der Waals surface area contributed by atoms with Crippen LogP contribution in [0.15, 0.2) is 12.3 Å². The Balaban J connectivity index is 2.45. The van der Waals surface area contributed by atoms with Crippen LogP contribution in [-0.4, -0.2) is 24.0 Å². The number of nitrogens with one attached hydrogen (secondary N) is 2. The Labute approximate surface area is 106 Å². The molecule has 4 N–H and O–H groups in total. The van der Waals surface area contributed by atoms with Gasteiger partial charge in [0.25, 0.3) is 0 Å². The minimum atomic E-state index is -0.0145. The molecule has 0 aliphatic rings. The molecular formula is C12H17N5O. The fourth-order valence-electron chi connectivity index (χ4n) is 1.36. The fraction of sp³-hybridized carbons (Fsp3) is 0.417. The van der Waals surface area contributed by atoms with Gasteiger partial charge in [0.2, 0.25) is 5.91 Å². The second-order valence-corrected chi connectivity index (χ2v) is 3.76. The number of rotatable bonds is 6. The summed E-state index contributed by atoms with van der Waals surface area (Å²) in [5.74, 6) is 0.428. The van der Waals surface area contributed by atoms with Crippen molar-refractivity contribution in [2.45, 2.75) is 19.8 Å². The van der Waals surface area contributed by atoms with E-state index in [4.69, 9.17) is 11.0 Å². The van der Waals surface area contributed by atoms with Crippen LogP contribution < -0.4 is 16.4 Å². The zero-order valence-electron chi connectivity index (χ0n) is 10.4. The Hall–Kier alpha value is -2.29. The standard InChI is InChI=1S/C12H17N5O/c1-2-5-15-10(18)4-7-17-12-11(14)9(8-13)3-6-16-12/h3,6H,2,4-5,7,14H2,1H3,(H,15,18)(H,16,17). The van der Waals surface area contributed by atoms with Crippen LogP contribution in [0.5, 0.6) is 0 Å². The van der Waals surface area contributed by atoms with E-state index in [0.717, 1.165) is 6.42 Å². The Morgan fingerprint density at radius 3 is 3.00 bits per heavy atom. The van der Waals surface area contributed by atoms with Crippen molar-refractivity contribution in [1.82, 2.24) is 10.3 Å². The highest BCUT2D eigenvalue weighted by Crippen LogP contribution is 2.18. The van der Waals surface area contributed by atoms with Gasteiger partial charge >= 0.3 is 0 Å². The monoisotopic (exact) mass is 247 g/mol. The number of anilines is 2. The molecule has 1 heterocycles. The van der Waals surface area contributed by atoms with E-state index in [1.807, 2.05) is 13.0 Å². The quantitative estimate of drug-likeness (QED) is 0.691. The highest BCUT2D eigenvalue weighted by Gasteiger charge is 2.06. The van der Waals surface area contributed by atoms with E-state index in [-0.39, 0.29) is 5.91 Å². The van der Waals surface area contributed by atoms with Crippen LogP contribution >= 0.6 is 0 Å². The smallest absolute Gasteiger partial charge is 0.221 e. The van der Waals surface area contributed by atoms with Gasteiger partial charge in [-0.3, -0.25) is 4.79 Å². The van der Waals surface area contributed by atoms with Gasteiger partial charge in [-0.15, -0.1) is 0 Å². The van der Waals surface area contributed by atoms with E-state index in [0.29, 0.717) is 36.6 Å². The third-order valence-corrected chi connectivity index (χ3v) is 2.33. The topological polar surface area (TPSA) is 104 Å². The number of pyridine rings is 1. The van der Waals surface area contributed by atoms with Crippen LogP contribution in [0.25, 0.3) is 0 Å². The molecule has 0 saturated heterocycles. The number of aromatic nitrogens is 1. The van der Waals surface area contributed by atoms with Gasteiger partial charge in [0, 0.05) is 25.7 Å². The minimum Gasteiger partial charge on any atom is -0.395 e. The Morgan fingerprint density at radius 1 is 1.56 bits per heavy atom. The number of nitriles is 1. The third-order valence-electron chi connectivity index (χ3n) is 2.33. The maximum absolute atomic E-state index is 11.3.